The molecule has 2 heterocycles. The van der Waals surface area contributed by atoms with E-state index in [4.69, 9.17) is 4.74 Å². The summed E-state index contributed by atoms with van der Waals surface area (Å²) in [5.41, 5.74) is 1.60. The first-order valence-electron chi connectivity index (χ1n) is 7.43. The molecule has 1 saturated heterocycles. The summed E-state index contributed by atoms with van der Waals surface area (Å²) in [4.78, 5) is 18.4. The molecule has 0 N–H and O–H groups in total. The molecule has 118 valence electrons. The van der Waals surface area contributed by atoms with Crippen LogP contribution in [0.4, 0.5) is 4.79 Å². The average Bonchev–Trinajstić information content (AvgIpc) is 3.01. The van der Waals surface area contributed by atoms with Gasteiger partial charge in [0, 0.05) is 17.6 Å². The molecule has 0 spiro atoms. The van der Waals surface area contributed by atoms with Gasteiger partial charge in [0.05, 0.1) is 23.4 Å². The molecule has 1 amide bonds. The fraction of sp³-hybridized carbons (Fsp3) is 0.500. The maximum absolute atomic E-state index is 12.2. The van der Waals surface area contributed by atoms with Crippen molar-refractivity contribution in [2.75, 3.05) is 13.1 Å². The van der Waals surface area contributed by atoms with Gasteiger partial charge in [0.1, 0.15) is 5.60 Å². The van der Waals surface area contributed by atoms with Gasteiger partial charge in [-0.1, -0.05) is 15.9 Å². The number of amides is 1. The number of nitrogens with zero attached hydrogens (tertiary/aromatic N) is 3. The van der Waals surface area contributed by atoms with Crippen molar-refractivity contribution in [1.82, 2.24) is 14.5 Å². The molecule has 1 unspecified atom stereocenters. The van der Waals surface area contributed by atoms with Crippen LogP contribution in [0.2, 0.25) is 0 Å². The number of ether oxygens (including phenoxy) is 1. The number of hydrogen-bond donors (Lipinski definition) is 0. The summed E-state index contributed by atoms with van der Waals surface area (Å²) in [6.07, 6.45) is 2.54. The minimum Gasteiger partial charge on any atom is -0.444 e. The van der Waals surface area contributed by atoms with Gasteiger partial charge in [0.15, 0.2) is 0 Å². The molecule has 1 aliphatic heterocycles. The highest BCUT2D eigenvalue weighted by molar-refractivity contribution is 9.10. The van der Waals surface area contributed by atoms with E-state index in [0.717, 1.165) is 21.9 Å². The van der Waals surface area contributed by atoms with E-state index >= 15 is 0 Å². The monoisotopic (exact) mass is 365 g/mol. The molecule has 2 aromatic rings. The number of carbonyl (C=O) groups excluding carboxylic acids is 1. The van der Waals surface area contributed by atoms with Crippen molar-refractivity contribution < 1.29 is 9.53 Å². The fourth-order valence-corrected chi connectivity index (χ4v) is 3.10. The molecule has 0 saturated carbocycles. The Bertz CT molecular complexity index is 705. The molecule has 1 fully saturated rings. The van der Waals surface area contributed by atoms with Crippen molar-refractivity contribution in [3.63, 3.8) is 0 Å². The highest BCUT2D eigenvalue weighted by Crippen LogP contribution is 2.28. The van der Waals surface area contributed by atoms with Crippen LogP contribution in [-0.4, -0.2) is 39.2 Å². The van der Waals surface area contributed by atoms with Gasteiger partial charge in [-0.15, -0.1) is 0 Å². The molecule has 1 aliphatic rings. The second-order valence-electron chi connectivity index (χ2n) is 6.65. The standard InChI is InChI=1S/C16H20BrN3O2/c1-16(2,3)22-15(21)19-7-6-12(9-19)20-10-18-13-5-4-11(17)8-14(13)20/h4-5,8,10,12H,6-7,9H2,1-3H3. The first kappa shape index (κ1) is 15.3. The number of halogens is 1. The number of fused-ring (bicyclic) bond motifs is 1. The molecule has 1 aromatic carbocycles. The van der Waals surface area contributed by atoms with E-state index in [9.17, 15) is 4.79 Å². The summed E-state index contributed by atoms with van der Waals surface area (Å²) in [5, 5.41) is 0. The first-order chi connectivity index (χ1) is 10.3. The fourth-order valence-electron chi connectivity index (χ4n) is 2.75. The van der Waals surface area contributed by atoms with E-state index in [-0.39, 0.29) is 12.1 Å². The summed E-state index contributed by atoms with van der Waals surface area (Å²) in [6, 6.07) is 6.29. The molecule has 1 aromatic heterocycles. The lowest BCUT2D eigenvalue weighted by atomic mass is 10.2. The van der Waals surface area contributed by atoms with Gasteiger partial charge in [-0.05, 0) is 45.4 Å². The van der Waals surface area contributed by atoms with Gasteiger partial charge in [-0.3, -0.25) is 0 Å². The maximum Gasteiger partial charge on any atom is 0.410 e. The Kier molecular flexibility index (Phi) is 3.89. The lowest BCUT2D eigenvalue weighted by Crippen LogP contribution is -2.35. The largest absolute Gasteiger partial charge is 0.444 e. The number of carbonyl (C=O) groups is 1. The maximum atomic E-state index is 12.2. The van der Waals surface area contributed by atoms with Crippen LogP contribution in [0.5, 0.6) is 0 Å². The van der Waals surface area contributed by atoms with E-state index in [1.807, 2.05) is 39.2 Å². The Morgan fingerprint density at radius 1 is 1.41 bits per heavy atom. The molecular weight excluding hydrogens is 346 g/mol. The van der Waals surface area contributed by atoms with E-state index in [1.165, 1.54) is 0 Å². The molecule has 5 nitrogen and oxygen atoms in total. The Labute approximate surface area is 138 Å². The predicted molar refractivity (Wildman–Crippen MR) is 88.9 cm³/mol. The number of likely N-dealkylation sites (tertiary alicyclic amines) is 1. The SMILES string of the molecule is CC(C)(C)OC(=O)N1CCC(n2cnc3ccc(Br)cc32)C1. The summed E-state index contributed by atoms with van der Waals surface area (Å²) < 4.78 is 8.64. The molecular formula is C16H20BrN3O2. The van der Waals surface area contributed by atoms with Crippen molar-refractivity contribution in [3.05, 3.63) is 29.0 Å². The normalized spacial score (nSPS) is 18.9. The molecule has 22 heavy (non-hydrogen) atoms. The summed E-state index contributed by atoms with van der Waals surface area (Å²) in [6.45, 7) is 7.04. The van der Waals surface area contributed by atoms with Crippen LogP contribution in [0.3, 0.4) is 0 Å². The second kappa shape index (κ2) is 5.57. The Hall–Kier alpha value is -1.56. The number of aromatic nitrogens is 2. The van der Waals surface area contributed by atoms with Gasteiger partial charge in [0.2, 0.25) is 0 Å². The molecule has 0 bridgehead atoms. The van der Waals surface area contributed by atoms with Crippen molar-refractivity contribution in [3.8, 4) is 0 Å². The Morgan fingerprint density at radius 3 is 2.91 bits per heavy atom. The van der Waals surface area contributed by atoms with Crippen LogP contribution in [0, 0.1) is 0 Å². The predicted octanol–water partition coefficient (Wildman–Crippen LogP) is 3.98. The molecule has 0 radical (unpaired) electrons. The van der Waals surface area contributed by atoms with Crippen LogP contribution in [0.15, 0.2) is 29.0 Å². The minimum absolute atomic E-state index is 0.236. The zero-order valence-corrected chi connectivity index (χ0v) is 14.6. The van der Waals surface area contributed by atoms with E-state index in [1.54, 1.807) is 4.90 Å². The van der Waals surface area contributed by atoms with E-state index in [0.29, 0.717) is 13.1 Å². The first-order valence-corrected chi connectivity index (χ1v) is 8.23. The highest BCUT2D eigenvalue weighted by atomic mass is 79.9. The van der Waals surface area contributed by atoms with Crippen LogP contribution in [-0.2, 0) is 4.74 Å². The van der Waals surface area contributed by atoms with Crippen molar-refractivity contribution >= 4 is 33.1 Å². The molecule has 3 rings (SSSR count). The topological polar surface area (TPSA) is 47.4 Å². The van der Waals surface area contributed by atoms with Gasteiger partial charge in [0.25, 0.3) is 0 Å². The molecule has 6 heteroatoms. The third kappa shape index (κ3) is 3.11. The van der Waals surface area contributed by atoms with Crippen LogP contribution >= 0.6 is 15.9 Å². The van der Waals surface area contributed by atoms with Gasteiger partial charge in [-0.2, -0.15) is 0 Å². The lowest BCUT2D eigenvalue weighted by Gasteiger charge is -2.24. The Morgan fingerprint density at radius 2 is 2.18 bits per heavy atom. The van der Waals surface area contributed by atoms with E-state index < -0.39 is 5.60 Å². The smallest absolute Gasteiger partial charge is 0.410 e. The average molecular weight is 366 g/mol. The lowest BCUT2D eigenvalue weighted by molar-refractivity contribution is 0.0289. The Balaban J connectivity index is 1.77. The van der Waals surface area contributed by atoms with Crippen molar-refractivity contribution in [2.45, 2.75) is 38.8 Å². The van der Waals surface area contributed by atoms with Gasteiger partial charge >= 0.3 is 6.09 Å². The van der Waals surface area contributed by atoms with Crippen molar-refractivity contribution in [2.24, 2.45) is 0 Å². The third-order valence-corrected chi connectivity index (χ3v) is 4.24. The zero-order valence-electron chi connectivity index (χ0n) is 13.0. The quantitative estimate of drug-likeness (QED) is 0.767. The second-order valence-corrected chi connectivity index (χ2v) is 7.57. The van der Waals surface area contributed by atoms with Crippen molar-refractivity contribution in [1.29, 1.82) is 0 Å². The van der Waals surface area contributed by atoms with Crippen LogP contribution in [0.25, 0.3) is 11.0 Å². The van der Waals surface area contributed by atoms with Gasteiger partial charge < -0.3 is 14.2 Å². The highest BCUT2D eigenvalue weighted by Gasteiger charge is 2.31. The van der Waals surface area contributed by atoms with Gasteiger partial charge in [-0.25, -0.2) is 9.78 Å². The molecule has 1 atom stereocenters. The van der Waals surface area contributed by atoms with Crippen LogP contribution < -0.4 is 0 Å². The third-order valence-electron chi connectivity index (χ3n) is 3.75. The number of benzene rings is 1. The minimum atomic E-state index is -0.457. The molecule has 0 aliphatic carbocycles. The summed E-state index contributed by atoms with van der Waals surface area (Å²) >= 11 is 3.50. The number of hydrogen-bond acceptors (Lipinski definition) is 3. The zero-order chi connectivity index (χ0) is 15.9. The summed E-state index contributed by atoms with van der Waals surface area (Å²) in [7, 11) is 0. The van der Waals surface area contributed by atoms with E-state index in [2.05, 4.69) is 31.5 Å². The summed E-state index contributed by atoms with van der Waals surface area (Å²) in [5.74, 6) is 0. The number of imidazole rings is 1. The van der Waals surface area contributed by atoms with Crippen LogP contribution in [0.1, 0.15) is 33.2 Å². The number of rotatable bonds is 1.